The smallest absolute Gasteiger partial charge is 0.115 e. The van der Waals surface area contributed by atoms with E-state index in [1.165, 1.54) is 44.9 Å². The molecular formula is C16H26O. The van der Waals surface area contributed by atoms with Crippen LogP contribution in [0.15, 0.2) is 12.2 Å². The van der Waals surface area contributed by atoms with Crippen LogP contribution in [0.5, 0.6) is 0 Å². The molecule has 1 saturated carbocycles. The average molecular weight is 234 g/mol. The van der Waals surface area contributed by atoms with Crippen LogP contribution in [0.1, 0.15) is 64.7 Å². The third-order valence-corrected chi connectivity index (χ3v) is 3.43. The monoisotopic (exact) mass is 234 g/mol. The molecule has 0 saturated heterocycles. The predicted molar refractivity (Wildman–Crippen MR) is 73.6 cm³/mol. The molecule has 0 aromatic rings. The van der Waals surface area contributed by atoms with E-state index in [0.29, 0.717) is 0 Å². The molecule has 1 unspecified atom stereocenters. The first-order valence-corrected chi connectivity index (χ1v) is 7.18. The van der Waals surface area contributed by atoms with E-state index in [4.69, 9.17) is 0 Å². The Morgan fingerprint density at radius 2 is 2.00 bits per heavy atom. The fraction of sp³-hybridized carbons (Fsp3) is 0.750. The molecule has 1 atom stereocenters. The van der Waals surface area contributed by atoms with Gasteiger partial charge in [-0.2, -0.15) is 0 Å². The summed E-state index contributed by atoms with van der Waals surface area (Å²) in [6, 6.07) is 0. The molecule has 1 fully saturated rings. The number of allylic oxidation sites excluding steroid dienone is 2. The van der Waals surface area contributed by atoms with Gasteiger partial charge in [0.25, 0.3) is 0 Å². The summed E-state index contributed by atoms with van der Waals surface area (Å²) in [4.78, 5) is 0. The molecule has 0 spiro atoms. The quantitative estimate of drug-likeness (QED) is 0.561. The Labute approximate surface area is 106 Å². The molecule has 1 aliphatic rings. The summed E-state index contributed by atoms with van der Waals surface area (Å²) in [7, 11) is 0. The zero-order valence-corrected chi connectivity index (χ0v) is 11.1. The maximum atomic E-state index is 9.61. The third kappa shape index (κ3) is 7.23. The highest BCUT2D eigenvalue weighted by molar-refractivity contribution is 5.18. The zero-order chi connectivity index (χ0) is 12.3. The number of hydrogen-bond acceptors (Lipinski definition) is 1. The van der Waals surface area contributed by atoms with Gasteiger partial charge in [0.2, 0.25) is 0 Å². The van der Waals surface area contributed by atoms with Crippen molar-refractivity contribution in [1.29, 1.82) is 0 Å². The molecule has 0 aromatic heterocycles. The zero-order valence-electron chi connectivity index (χ0n) is 11.1. The minimum absolute atomic E-state index is 0.433. The van der Waals surface area contributed by atoms with Crippen LogP contribution in [-0.2, 0) is 0 Å². The molecule has 1 nitrogen and oxygen atoms in total. The number of rotatable bonds is 5. The summed E-state index contributed by atoms with van der Waals surface area (Å²) in [6.07, 6.45) is 14.8. The lowest BCUT2D eigenvalue weighted by atomic mass is 9.89. The van der Waals surface area contributed by atoms with E-state index in [9.17, 15) is 5.11 Å². The minimum Gasteiger partial charge on any atom is -0.380 e. The second kappa shape index (κ2) is 9.31. The van der Waals surface area contributed by atoms with E-state index in [2.05, 4.69) is 24.8 Å². The lowest BCUT2D eigenvalue weighted by molar-refractivity contribution is 0.217. The first kappa shape index (κ1) is 14.3. The van der Waals surface area contributed by atoms with Gasteiger partial charge < -0.3 is 5.11 Å². The van der Waals surface area contributed by atoms with Crippen LogP contribution in [0, 0.1) is 17.8 Å². The molecule has 0 radical (unpaired) electrons. The Bertz CT molecular complexity index is 263. The summed E-state index contributed by atoms with van der Waals surface area (Å²) in [5, 5.41) is 9.61. The molecule has 0 amide bonds. The Morgan fingerprint density at radius 3 is 2.71 bits per heavy atom. The van der Waals surface area contributed by atoms with Crippen molar-refractivity contribution in [3.05, 3.63) is 12.2 Å². The fourth-order valence-electron chi connectivity index (χ4n) is 2.31. The van der Waals surface area contributed by atoms with E-state index in [1.54, 1.807) is 0 Å². The van der Waals surface area contributed by atoms with Crippen molar-refractivity contribution in [1.82, 2.24) is 0 Å². The SMILES string of the molecule is CCCCCC(O)C#C/C=C\C1CCCCC1. The molecule has 0 aromatic carbocycles. The van der Waals surface area contributed by atoms with E-state index in [1.807, 2.05) is 6.08 Å². The number of hydrogen-bond donors (Lipinski definition) is 1. The van der Waals surface area contributed by atoms with Crippen molar-refractivity contribution in [3.8, 4) is 11.8 Å². The topological polar surface area (TPSA) is 20.2 Å². The largest absolute Gasteiger partial charge is 0.380 e. The van der Waals surface area contributed by atoms with E-state index < -0.39 is 6.10 Å². The molecule has 0 heterocycles. The molecular weight excluding hydrogens is 208 g/mol. The highest BCUT2D eigenvalue weighted by Crippen LogP contribution is 2.24. The standard InChI is InChI=1S/C16H26O/c1-2-3-5-13-16(17)14-9-8-12-15-10-6-4-7-11-15/h8,12,15-17H,2-7,10-11,13H2,1H3/b12-8-. The van der Waals surface area contributed by atoms with E-state index >= 15 is 0 Å². The molecule has 1 aliphatic carbocycles. The summed E-state index contributed by atoms with van der Waals surface area (Å²) in [6.45, 7) is 2.17. The van der Waals surface area contributed by atoms with Gasteiger partial charge in [-0.25, -0.2) is 0 Å². The van der Waals surface area contributed by atoms with Crippen molar-refractivity contribution in [2.24, 2.45) is 5.92 Å². The Balaban J connectivity index is 2.17. The van der Waals surface area contributed by atoms with Crippen molar-refractivity contribution >= 4 is 0 Å². The van der Waals surface area contributed by atoms with Gasteiger partial charge in [0.05, 0.1) is 0 Å². The Morgan fingerprint density at radius 1 is 1.24 bits per heavy atom. The summed E-state index contributed by atoms with van der Waals surface area (Å²) >= 11 is 0. The number of aliphatic hydroxyl groups is 1. The van der Waals surface area contributed by atoms with Gasteiger partial charge in [0.15, 0.2) is 0 Å². The van der Waals surface area contributed by atoms with Crippen LogP contribution >= 0.6 is 0 Å². The van der Waals surface area contributed by atoms with Crippen molar-refractivity contribution in [3.63, 3.8) is 0 Å². The molecule has 1 N–H and O–H groups in total. The predicted octanol–water partition coefficient (Wildman–Crippen LogP) is 4.07. The van der Waals surface area contributed by atoms with Gasteiger partial charge in [-0.05, 0) is 37.7 Å². The lowest BCUT2D eigenvalue weighted by Crippen LogP contribution is -2.03. The number of aliphatic hydroxyl groups excluding tert-OH is 1. The minimum atomic E-state index is -0.433. The highest BCUT2D eigenvalue weighted by atomic mass is 16.3. The van der Waals surface area contributed by atoms with Gasteiger partial charge in [-0.1, -0.05) is 56.9 Å². The highest BCUT2D eigenvalue weighted by Gasteiger charge is 2.08. The molecule has 0 aliphatic heterocycles. The Kier molecular flexibility index (Phi) is 7.84. The van der Waals surface area contributed by atoms with Crippen LogP contribution in [-0.4, -0.2) is 11.2 Å². The van der Waals surface area contributed by atoms with Crippen molar-refractivity contribution in [2.45, 2.75) is 70.8 Å². The van der Waals surface area contributed by atoms with Crippen molar-refractivity contribution < 1.29 is 5.11 Å². The van der Waals surface area contributed by atoms with Gasteiger partial charge in [0.1, 0.15) is 6.10 Å². The van der Waals surface area contributed by atoms with Gasteiger partial charge >= 0.3 is 0 Å². The van der Waals surface area contributed by atoms with Gasteiger partial charge in [-0.15, -0.1) is 0 Å². The fourth-order valence-corrected chi connectivity index (χ4v) is 2.31. The van der Waals surface area contributed by atoms with E-state index in [-0.39, 0.29) is 0 Å². The molecule has 1 rings (SSSR count). The Hall–Kier alpha value is -0.740. The second-order valence-corrected chi connectivity index (χ2v) is 5.06. The van der Waals surface area contributed by atoms with Crippen LogP contribution in [0.4, 0.5) is 0 Å². The van der Waals surface area contributed by atoms with Crippen LogP contribution in [0.25, 0.3) is 0 Å². The molecule has 17 heavy (non-hydrogen) atoms. The lowest BCUT2D eigenvalue weighted by Gasteiger charge is -2.17. The first-order chi connectivity index (χ1) is 8.33. The summed E-state index contributed by atoms with van der Waals surface area (Å²) < 4.78 is 0. The average Bonchev–Trinajstić information content (AvgIpc) is 2.36. The van der Waals surface area contributed by atoms with E-state index in [0.717, 1.165) is 18.8 Å². The first-order valence-electron chi connectivity index (χ1n) is 7.18. The van der Waals surface area contributed by atoms with Crippen molar-refractivity contribution in [2.75, 3.05) is 0 Å². The summed E-state index contributed by atoms with van der Waals surface area (Å²) in [5.74, 6) is 6.61. The molecule has 1 heteroatoms. The normalized spacial score (nSPS) is 18.9. The molecule has 96 valence electrons. The van der Waals surface area contributed by atoms with Gasteiger partial charge in [-0.3, -0.25) is 0 Å². The maximum absolute atomic E-state index is 9.61. The maximum Gasteiger partial charge on any atom is 0.115 e. The van der Waals surface area contributed by atoms with Crippen LogP contribution in [0.2, 0.25) is 0 Å². The second-order valence-electron chi connectivity index (χ2n) is 5.06. The van der Waals surface area contributed by atoms with Crippen LogP contribution in [0.3, 0.4) is 0 Å². The van der Waals surface area contributed by atoms with Crippen LogP contribution < -0.4 is 0 Å². The third-order valence-electron chi connectivity index (χ3n) is 3.43. The number of unbranched alkanes of at least 4 members (excludes halogenated alkanes) is 2. The molecule has 0 bridgehead atoms. The van der Waals surface area contributed by atoms with Gasteiger partial charge in [0, 0.05) is 0 Å². The summed E-state index contributed by atoms with van der Waals surface area (Å²) in [5.41, 5.74) is 0.